The van der Waals surface area contributed by atoms with Gasteiger partial charge >= 0.3 is 41.7 Å². The summed E-state index contributed by atoms with van der Waals surface area (Å²) in [7, 11) is 0. The zero-order chi connectivity index (χ0) is 22.5. The predicted octanol–water partition coefficient (Wildman–Crippen LogP) is 5.21. The molecule has 0 rings (SSSR count). The predicted molar refractivity (Wildman–Crippen MR) is 52.0 cm³/mol. The third-order valence-corrected chi connectivity index (χ3v) is 2.90. The molecule has 0 amide bonds. The van der Waals surface area contributed by atoms with E-state index in [0.29, 0.717) is 0 Å². The number of allylic oxidation sites excluding steroid dienone is 1. The molecule has 0 aliphatic rings. The van der Waals surface area contributed by atoms with Crippen molar-refractivity contribution in [2.75, 3.05) is 6.61 Å². The SMILES string of the molecule is OC/C=C(\F)C(F)(F)C(F)(F)C(F)(F)C(F)(F)C(F)(F)C(F)(F)C(F)(F)F. The van der Waals surface area contributed by atoms with Gasteiger partial charge in [-0.15, -0.1) is 0 Å². The van der Waals surface area contributed by atoms with Gasteiger partial charge in [0, 0.05) is 0 Å². The van der Waals surface area contributed by atoms with Crippen molar-refractivity contribution in [1.29, 1.82) is 0 Å². The minimum Gasteiger partial charge on any atom is -0.392 e. The Hall–Kier alpha value is -1.42. The van der Waals surface area contributed by atoms with Crippen LogP contribution in [0.1, 0.15) is 0 Å². The molecule has 17 heteroatoms. The minimum atomic E-state index is -8.47. The van der Waals surface area contributed by atoms with Crippen molar-refractivity contribution in [3.05, 3.63) is 11.9 Å². The van der Waals surface area contributed by atoms with E-state index in [1.165, 1.54) is 0 Å². The quantitative estimate of drug-likeness (QED) is 0.535. The fourth-order valence-electron chi connectivity index (χ4n) is 1.32. The highest BCUT2D eigenvalue weighted by atomic mass is 19.4. The van der Waals surface area contributed by atoms with Crippen LogP contribution in [0.3, 0.4) is 0 Å². The second kappa shape index (κ2) is 6.58. The molecule has 27 heavy (non-hydrogen) atoms. The van der Waals surface area contributed by atoms with E-state index < -0.39 is 60.2 Å². The van der Waals surface area contributed by atoms with Gasteiger partial charge in [0.2, 0.25) is 0 Å². The minimum absolute atomic E-state index is 1.01. The summed E-state index contributed by atoms with van der Waals surface area (Å²) in [6.45, 7) is -1.93. The van der Waals surface area contributed by atoms with Gasteiger partial charge in [-0.3, -0.25) is 0 Å². The molecule has 0 atom stereocenters. The molecule has 0 saturated carbocycles. The lowest BCUT2D eigenvalue weighted by Gasteiger charge is -2.41. The highest BCUT2D eigenvalue weighted by molar-refractivity contribution is 5.19. The molecule has 0 fully saturated rings. The van der Waals surface area contributed by atoms with E-state index >= 15 is 0 Å². The molecule has 0 saturated heterocycles. The van der Waals surface area contributed by atoms with E-state index in [0.717, 1.165) is 0 Å². The first kappa shape index (κ1) is 25.6. The maximum Gasteiger partial charge on any atom is 0.460 e. The van der Waals surface area contributed by atoms with Gasteiger partial charge in [-0.05, 0) is 6.08 Å². The average Bonchev–Trinajstić information content (AvgIpc) is 2.45. The molecular formula is C10H4F16O. The lowest BCUT2D eigenvalue weighted by Crippen LogP contribution is -2.72. The molecule has 0 bridgehead atoms. The molecule has 0 aromatic heterocycles. The molecular weight excluding hydrogens is 440 g/mol. The Morgan fingerprint density at radius 2 is 0.852 bits per heavy atom. The average molecular weight is 444 g/mol. The molecule has 0 aromatic carbocycles. The fourth-order valence-corrected chi connectivity index (χ4v) is 1.32. The summed E-state index contributed by atoms with van der Waals surface area (Å²) in [6.07, 6.45) is -8.71. The van der Waals surface area contributed by atoms with Gasteiger partial charge in [-0.1, -0.05) is 0 Å². The van der Waals surface area contributed by atoms with Crippen LogP contribution in [0, 0.1) is 0 Å². The first-order valence-electron chi connectivity index (χ1n) is 5.79. The smallest absolute Gasteiger partial charge is 0.392 e. The maximum absolute atomic E-state index is 13.1. The van der Waals surface area contributed by atoms with Crippen LogP contribution in [0.2, 0.25) is 0 Å². The van der Waals surface area contributed by atoms with E-state index in [2.05, 4.69) is 0 Å². The normalized spacial score (nSPS) is 16.7. The van der Waals surface area contributed by atoms with E-state index in [1.54, 1.807) is 0 Å². The summed E-state index contributed by atoms with van der Waals surface area (Å²) < 4.78 is 203. The third-order valence-electron chi connectivity index (χ3n) is 2.90. The van der Waals surface area contributed by atoms with Crippen LogP contribution in [0.15, 0.2) is 11.9 Å². The highest BCUT2D eigenvalue weighted by Gasteiger charge is 2.93. The lowest BCUT2D eigenvalue weighted by molar-refractivity contribution is -0.450. The van der Waals surface area contributed by atoms with Crippen LogP contribution in [-0.4, -0.2) is 53.4 Å². The molecule has 0 aromatic rings. The van der Waals surface area contributed by atoms with Crippen LogP contribution < -0.4 is 0 Å². The first-order valence-corrected chi connectivity index (χ1v) is 5.79. The van der Waals surface area contributed by atoms with Gasteiger partial charge < -0.3 is 5.11 Å². The van der Waals surface area contributed by atoms with Gasteiger partial charge in [0.15, 0.2) is 5.83 Å². The number of rotatable bonds is 7. The molecule has 1 N–H and O–H groups in total. The number of aliphatic hydroxyl groups excluding tert-OH is 1. The summed E-state index contributed by atoms with van der Waals surface area (Å²) in [6, 6.07) is 0. The molecule has 0 aliphatic carbocycles. The first-order chi connectivity index (χ1) is 11.5. The van der Waals surface area contributed by atoms with E-state index in [9.17, 15) is 70.2 Å². The van der Waals surface area contributed by atoms with Crippen LogP contribution in [0.4, 0.5) is 70.2 Å². The van der Waals surface area contributed by atoms with Crippen molar-refractivity contribution in [2.24, 2.45) is 0 Å². The maximum atomic E-state index is 13.1. The second-order valence-corrected chi connectivity index (χ2v) is 4.68. The number of alkyl halides is 15. The Bertz CT molecular complexity index is 570. The summed E-state index contributed by atoms with van der Waals surface area (Å²) in [5.41, 5.74) is 0. The third kappa shape index (κ3) is 3.30. The molecule has 162 valence electrons. The number of hydrogen-bond donors (Lipinski definition) is 1. The summed E-state index contributed by atoms with van der Waals surface area (Å²) in [5.74, 6) is -52.1. The van der Waals surface area contributed by atoms with Crippen molar-refractivity contribution < 1.29 is 75.4 Å². The van der Waals surface area contributed by atoms with Gasteiger partial charge in [-0.2, -0.15) is 65.9 Å². The van der Waals surface area contributed by atoms with E-state index in [-0.39, 0.29) is 0 Å². The van der Waals surface area contributed by atoms with Crippen LogP contribution in [-0.2, 0) is 0 Å². The Labute approximate surface area is 137 Å². The molecule has 0 spiro atoms. The van der Waals surface area contributed by atoms with Crippen LogP contribution in [0.25, 0.3) is 0 Å². The lowest BCUT2D eigenvalue weighted by atomic mass is 9.90. The zero-order valence-electron chi connectivity index (χ0n) is 11.8. The van der Waals surface area contributed by atoms with Gasteiger partial charge in [0.25, 0.3) is 0 Å². The largest absolute Gasteiger partial charge is 0.460 e. The van der Waals surface area contributed by atoms with E-state index in [1.807, 2.05) is 0 Å². The van der Waals surface area contributed by atoms with Crippen molar-refractivity contribution >= 4 is 0 Å². The van der Waals surface area contributed by atoms with Crippen LogP contribution >= 0.6 is 0 Å². The van der Waals surface area contributed by atoms with Crippen molar-refractivity contribution in [1.82, 2.24) is 0 Å². The van der Waals surface area contributed by atoms with Crippen molar-refractivity contribution in [2.45, 2.75) is 41.7 Å². The Morgan fingerprint density at radius 1 is 0.556 bits per heavy atom. The summed E-state index contributed by atoms with van der Waals surface area (Å²) >= 11 is 0. The van der Waals surface area contributed by atoms with Gasteiger partial charge in [0.1, 0.15) is 0 Å². The fraction of sp³-hybridized carbons (Fsp3) is 0.800. The number of halogens is 16. The highest BCUT2D eigenvalue weighted by Crippen LogP contribution is 2.63. The second-order valence-electron chi connectivity index (χ2n) is 4.68. The summed E-state index contributed by atoms with van der Waals surface area (Å²) in [5, 5.41) is 7.98. The Morgan fingerprint density at radius 3 is 1.15 bits per heavy atom. The van der Waals surface area contributed by atoms with Crippen molar-refractivity contribution in [3.8, 4) is 0 Å². The van der Waals surface area contributed by atoms with Gasteiger partial charge in [-0.25, -0.2) is 4.39 Å². The Balaban J connectivity index is 6.60. The van der Waals surface area contributed by atoms with Crippen molar-refractivity contribution in [3.63, 3.8) is 0 Å². The molecule has 0 heterocycles. The molecule has 1 nitrogen and oxygen atoms in total. The summed E-state index contributed by atoms with van der Waals surface area (Å²) in [4.78, 5) is 0. The zero-order valence-corrected chi connectivity index (χ0v) is 11.8. The monoisotopic (exact) mass is 444 g/mol. The molecule has 0 unspecified atom stereocenters. The topological polar surface area (TPSA) is 20.2 Å². The van der Waals surface area contributed by atoms with E-state index in [4.69, 9.17) is 5.11 Å². The van der Waals surface area contributed by atoms with Crippen LogP contribution in [0.5, 0.6) is 0 Å². The molecule has 0 aliphatic heterocycles. The van der Waals surface area contributed by atoms with Gasteiger partial charge in [0.05, 0.1) is 6.61 Å². The Kier molecular flexibility index (Phi) is 6.23. The number of aliphatic hydroxyl groups is 1. The number of hydrogen-bond acceptors (Lipinski definition) is 1. The standard InChI is InChI=1S/C10H4F16O/c11-3(1-2-27)4(12,13)5(14,15)6(16,17)7(18,19)8(20,21)9(22,23)10(24,25)26/h1,27H,2H2/b3-1-. The molecule has 0 radical (unpaired) electrons.